The van der Waals surface area contributed by atoms with Gasteiger partial charge in [-0.3, -0.25) is 4.79 Å². The minimum atomic E-state index is -3.33. The number of carbonyl (C=O) groups is 1. The normalized spacial score (nSPS) is 19.5. The fourth-order valence-corrected chi connectivity index (χ4v) is 4.56. The zero-order chi connectivity index (χ0) is 14.5. The van der Waals surface area contributed by atoms with Crippen LogP contribution in [0.5, 0.6) is 0 Å². The number of carboxylic acids is 1. The summed E-state index contributed by atoms with van der Waals surface area (Å²) in [7, 11) is -3.33. The molecule has 6 heteroatoms. The van der Waals surface area contributed by atoms with E-state index < -0.39 is 21.9 Å². The van der Waals surface area contributed by atoms with Crippen LogP contribution < -0.4 is 0 Å². The van der Waals surface area contributed by atoms with Crippen molar-refractivity contribution in [1.82, 2.24) is 4.31 Å². The third-order valence-electron chi connectivity index (χ3n) is 3.82. The number of sulfonamides is 1. The van der Waals surface area contributed by atoms with Gasteiger partial charge in [-0.25, -0.2) is 12.7 Å². The number of rotatable bonds is 7. The van der Waals surface area contributed by atoms with Crippen LogP contribution in [0.15, 0.2) is 0 Å². The first-order valence-corrected chi connectivity index (χ1v) is 8.68. The van der Waals surface area contributed by atoms with Gasteiger partial charge in [0.1, 0.15) is 0 Å². The molecule has 1 aliphatic rings. The third kappa shape index (κ3) is 5.10. The molecule has 0 saturated heterocycles. The van der Waals surface area contributed by atoms with Gasteiger partial charge in [0.25, 0.3) is 0 Å². The molecule has 0 amide bonds. The van der Waals surface area contributed by atoms with Crippen molar-refractivity contribution in [3.63, 3.8) is 0 Å². The fourth-order valence-electron chi connectivity index (χ4n) is 2.58. The zero-order valence-corrected chi connectivity index (χ0v) is 12.7. The Morgan fingerprint density at radius 2 is 1.89 bits per heavy atom. The predicted octanol–water partition coefficient (Wildman–Crippen LogP) is 1.94. The molecule has 1 rings (SSSR count). The van der Waals surface area contributed by atoms with Gasteiger partial charge in [0.05, 0.1) is 11.7 Å². The molecule has 0 aliphatic heterocycles. The van der Waals surface area contributed by atoms with Crippen LogP contribution in [0.25, 0.3) is 0 Å². The molecule has 1 N–H and O–H groups in total. The molecule has 1 saturated carbocycles. The number of carboxylic acid groups (broad SMARTS) is 1. The molecule has 0 aromatic rings. The second-order valence-corrected chi connectivity index (χ2v) is 7.49. The Balaban J connectivity index is 2.63. The number of hydrogen-bond donors (Lipinski definition) is 1. The van der Waals surface area contributed by atoms with Crippen LogP contribution in [0, 0.1) is 11.8 Å². The molecular formula is C13H25NO4S. The van der Waals surface area contributed by atoms with Crippen LogP contribution in [0.4, 0.5) is 0 Å². The first kappa shape index (κ1) is 16.4. The van der Waals surface area contributed by atoms with E-state index in [2.05, 4.69) is 0 Å². The average Bonchev–Trinajstić information content (AvgIpc) is 2.35. The van der Waals surface area contributed by atoms with E-state index in [-0.39, 0.29) is 18.2 Å². The number of aliphatic carboxylic acids is 1. The van der Waals surface area contributed by atoms with E-state index in [1.54, 1.807) is 13.8 Å². The van der Waals surface area contributed by atoms with Gasteiger partial charge in [-0.15, -0.1) is 0 Å². The minimum absolute atomic E-state index is 0.0703. The maximum Gasteiger partial charge on any atom is 0.307 e. The van der Waals surface area contributed by atoms with Gasteiger partial charge in [0.15, 0.2) is 0 Å². The molecule has 1 aliphatic carbocycles. The molecule has 0 heterocycles. The Morgan fingerprint density at radius 3 is 2.37 bits per heavy atom. The van der Waals surface area contributed by atoms with Gasteiger partial charge in [-0.2, -0.15) is 0 Å². The molecule has 0 aromatic heterocycles. The highest BCUT2D eigenvalue weighted by atomic mass is 32.2. The molecule has 112 valence electrons. The SMILES string of the molecule is CCN(CC(C)C(=O)O)S(=O)(=O)CC1CCCCC1. The molecule has 0 radical (unpaired) electrons. The molecule has 19 heavy (non-hydrogen) atoms. The van der Waals surface area contributed by atoms with Crippen LogP contribution in [-0.4, -0.2) is 42.6 Å². The van der Waals surface area contributed by atoms with E-state index in [0.29, 0.717) is 6.54 Å². The monoisotopic (exact) mass is 291 g/mol. The van der Waals surface area contributed by atoms with Gasteiger partial charge in [0, 0.05) is 13.1 Å². The molecule has 0 bridgehead atoms. The summed E-state index contributed by atoms with van der Waals surface area (Å²) in [6, 6.07) is 0. The van der Waals surface area contributed by atoms with Gasteiger partial charge in [-0.1, -0.05) is 33.1 Å². The molecule has 0 spiro atoms. The largest absolute Gasteiger partial charge is 0.481 e. The molecule has 1 fully saturated rings. The fraction of sp³-hybridized carbons (Fsp3) is 0.923. The van der Waals surface area contributed by atoms with E-state index in [0.717, 1.165) is 25.7 Å². The van der Waals surface area contributed by atoms with Gasteiger partial charge in [-0.05, 0) is 18.8 Å². The van der Waals surface area contributed by atoms with Crippen molar-refractivity contribution < 1.29 is 18.3 Å². The van der Waals surface area contributed by atoms with Crippen molar-refractivity contribution in [2.24, 2.45) is 11.8 Å². The van der Waals surface area contributed by atoms with Crippen molar-refractivity contribution in [3.8, 4) is 0 Å². The van der Waals surface area contributed by atoms with E-state index in [1.165, 1.54) is 10.7 Å². The number of nitrogens with zero attached hydrogens (tertiary/aromatic N) is 1. The summed E-state index contributed by atoms with van der Waals surface area (Å²) in [5.41, 5.74) is 0. The molecule has 1 atom stereocenters. The van der Waals surface area contributed by atoms with Gasteiger partial charge >= 0.3 is 5.97 Å². The second-order valence-electron chi connectivity index (χ2n) is 5.47. The third-order valence-corrected chi connectivity index (χ3v) is 5.90. The Labute approximate surface area is 116 Å². The lowest BCUT2D eigenvalue weighted by Crippen LogP contribution is -2.39. The smallest absolute Gasteiger partial charge is 0.307 e. The van der Waals surface area contributed by atoms with Crippen molar-refractivity contribution in [1.29, 1.82) is 0 Å². The van der Waals surface area contributed by atoms with Crippen LogP contribution in [0.1, 0.15) is 46.0 Å². The first-order chi connectivity index (χ1) is 8.86. The minimum Gasteiger partial charge on any atom is -0.481 e. The lowest BCUT2D eigenvalue weighted by Gasteiger charge is -2.27. The summed E-state index contributed by atoms with van der Waals surface area (Å²) >= 11 is 0. The average molecular weight is 291 g/mol. The first-order valence-electron chi connectivity index (χ1n) is 7.07. The molecule has 5 nitrogen and oxygen atoms in total. The maximum absolute atomic E-state index is 12.3. The second kappa shape index (κ2) is 7.24. The highest BCUT2D eigenvalue weighted by molar-refractivity contribution is 7.89. The zero-order valence-electron chi connectivity index (χ0n) is 11.8. The van der Waals surface area contributed by atoms with E-state index in [9.17, 15) is 13.2 Å². The summed E-state index contributed by atoms with van der Waals surface area (Å²) in [5.74, 6) is -1.20. The lowest BCUT2D eigenvalue weighted by atomic mass is 9.91. The summed E-state index contributed by atoms with van der Waals surface area (Å²) in [5, 5.41) is 8.89. The van der Waals surface area contributed by atoms with Crippen molar-refractivity contribution >= 4 is 16.0 Å². The van der Waals surface area contributed by atoms with Crippen LogP contribution in [0.3, 0.4) is 0 Å². The molecule has 1 unspecified atom stereocenters. The van der Waals surface area contributed by atoms with E-state index in [1.807, 2.05) is 0 Å². The van der Waals surface area contributed by atoms with E-state index >= 15 is 0 Å². The van der Waals surface area contributed by atoms with Crippen LogP contribution in [0.2, 0.25) is 0 Å². The van der Waals surface area contributed by atoms with Crippen molar-refractivity contribution in [3.05, 3.63) is 0 Å². The summed E-state index contributed by atoms with van der Waals surface area (Å²) in [4.78, 5) is 10.8. The number of hydrogen-bond acceptors (Lipinski definition) is 3. The standard InChI is InChI=1S/C13H25NO4S/c1-3-14(9-11(2)13(15)16)19(17,18)10-12-7-5-4-6-8-12/h11-12H,3-10H2,1-2H3,(H,15,16). The Morgan fingerprint density at radius 1 is 1.32 bits per heavy atom. The van der Waals surface area contributed by atoms with Crippen LogP contribution in [-0.2, 0) is 14.8 Å². The molecular weight excluding hydrogens is 266 g/mol. The lowest BCUT2D eigenvalue weighted by molar-refractivity contribution is -0.141. The highest BCUT2D eigenvalue weighted by Crippen LogP contribution is 2.26. The molecule has 0 aromatic carbocycles. The topological polar surface area (TPSA) is 74.7 Å². The Bertz CT molecular complexity index is 387. The quantitative estimate of drug-likeness (QED) is 0.778. The maximum atomic E-state index is 12.3. The highest BCUT2D eigenvalue weighted by Gasteiger charge is 2.28. The summed E-state index contributed by atoms with van der Waals surface area (Å²) < 4.78 is 26.0. The Hall–Kier alpha value is -0.620. The van der Waals surface area contributed by atoms with Crippen molar-refractivity contribution in [2.45, 2.75) is 46.0 Å². The van der Waals surface area contributed by atoms with Gasteiger partial charge < -0.3 is 5.11 Å². The summed E-state index contributed by atoms with van der Waals surface area (Å²) in [6.07, 6.45) is 5.37. The predicted molar refractivity (Wildman–Crippen MR) is 74.4 cm³/mol. The summed E-state index contributed by atoms with van der Waals surface area (Å²) in [6.45, 7) is 3.71. The van der Waals surface area contributed by atoms with Crippen molar-refractivity contribution in [2.75, 3.05) is 18.8 Å². The van der Waals surface area contributed by atoms with Crippen LogP contribution >= 0.6 is 0 Å². The Kier molecular flexibility index (Phi) is 6.26. The van der Waals surface area contributed by atoms with E-state index in [4.69, 9.17) is 5.11 Å². The van der Waals surface area contributed by atoms with Gasteiger partial charge in [0.2, 0.25) is 10.0 Å².